The number of hydrogen-bond acceptors (Lipinski definition) is 6. The minimum atomic E-state index is -2.03. The summed E-state index contributed by atoms with van der Waals surface area (Å²) in [5.41, 5.74) is 3.42. The molecule has 0 bridgehead atoms. The Morgan fingerprint density at radius 2 is 1.85 bits per heavy atom. The number of benzene rings is 1. The molecule has 1 aliphatic heterocycles. The van der Waals surface area contributed by atoms with Gasteiger partial charge >= 0.3 is 0 Å². The van der Waals surface area contributed by atoms with Crippen LogP contribution in [0, 0.1) is 0 Å². The normalized spacial score (nSPS) is 16.1. The first kappa shape index (κ1) is 23.8. The van der Waals surface area contributed by atoms with Crippen molar-refractivity contribution in [2.75, 3.05) is 46.3 Å². The lowest BCUT2D eigenvalue weighted by atomic mass is 10.1. The highest BCUT2D eigenvalue weighted by atomic mass is 35.5. The van der Waals surface area contributed by atoms with Gasteiger partial charge in [-0.05, 0) is 25.0 Å². The Balaban J connectivity index is 1.56. The number of imidazole rings is 1. The predicted octanol–water partition coefficient (Wildman–Crippen LogP) is 3.56. The molecular formula is C22H28ClN5O4S. The van der Waals surface area contributed by atoms with Gasteiger partial charge in [-0.2, -0.15) is 0 Å². The van der Waals surface area contributed by atoms with Gasteiger partial charge < -0.3 is 18.8 Å². The van der Waals surface area contributed by atoms with Gasteiger partial charge in [0.1, 0.15) is 17.1 Å². The zero-order chi connectivity index (χ0) is 23.7. The third-order valence-electron chi connectivity index (χ3n) is 5.89. The smallest absolute Gasteiger partial charge is 0.249 e. The molecule has 1 N–H and O–H groups in total. The number of rotatable bonds is 7. The third-order valence-corrected chi connectivity index (χ3v) is 7.13. The van der Waals surface area contributed by atoms with E-state index in [4.69, 9.17) is 26.1 Å². The summed E-state index contributed by atoms with van der Waals surface area (Å²) >= 11 is 4.32. The predicted molar refractivity (Wildman–Crippen MR) is 130 cm³/mol. The van der Waals surface area contributed by atoms with Gasteiger partial charge in [0, 0.05) is 69.0 Å². The SMILES string of the molecule is COc1cc(OC)c(-c2cn3ccc(N4CCC(N(N(C)C)S(=O)O)CC4)cc3n2)cc1Cl. The van der Waals surface area contributed by atoms with Crippen molar-refractivity contribution < 1.29 is 18.2 Å². The van der Waals surface area contributed by atoms with Gasteiger partial charge in [0.2, 0.25) is 11.3 Å². The molecule has 4 rings (SSSR count). The van der Waals surface area contributed by atoms with Crippen molar-refractivity contribution in [1.29, 1.82) is 0 Å². The maximum Gasteiger partial charge on any atom is 0.249 e. The maximum absolute atomic E-state index is 11.7. The molecule has 1 atom stereocenters. The number of hydrogen-bond donors (Lipinski definition) is 1. The fourth-order valence-corrected chi connectivity index (χ4v) is 5.28. The van der Waals surface area contributed by atoms with Crippen molar-refractivity contribution in [2.45, 2.75) is 18.9 Å². The molecule has 9 nitrogen and oxygen atoms in total. The van der Waals surface area contributed by atoms with Crippen molar-refractivity contribution in [1.82, 2.24) is 18.8 Å². The number of hydrazine groups is 1. The summed E-state index contributed by atoms with van der Waals surface area (Å²) in [6.45, 7) is 1.58. The number of nitrogens with zero attached hydrogens (tertiary/aromatic N) is 5. The van der Waals surface area contributed by atoms with Crippen LogP contribution in [0.25, 0.3) is 16.9 Å². The van der Waals surface area contributed by atoms with Gasteiger partial charge in [-0.3, -0.25) is 4.55 Å². The molecule has 1 fully saturated rings. The van der Waals surface area contributed by atoms with Crippen molar-refractivity contribution >= 4 is 34.2 Å². The van der Waals surface area contributed by atoms with E-state index in [1.54, 1.807) is 45.5 Å². The van der Waals surface area contributed by atoms with E-state index in [-0.39, 0.29) is 6.04 Å². The molecule has 1 unspecified atom stereocenters. The van der Waals surface area contributed by atoms with Crippen LogP contribution < -0.4 is 14.4 Å². The minimum absolute atomic E-state index is 0.0242. The molecule has 3 heterocycles. The number of methoxy groups -OCH3 is 2. The Labute approximate surface area is 200 Å². The lowest BCUT2D eigenvalue weighted by molar-refractivity contribution is 0.0647. The lowest BCUT2D eigenvalue weighted by Crippen LogP contribution is -2.50. The Bertz CT molecular complexity index is 1160. The van der Waals surface area contributed by atoms with Gasteiger partial charge in [0.25, 0.3) is 0 Å². The fourth-order valence-electron chi connectivity index (χ4n) is 4.30. The summed E-state index contributed by atoms with van der Waals surface area (Å²) in [6.07, 6.45) is 5.51. The molecule has 33 heavy (non-hydrogen) atoms. The van der Waals surface area contributed by atoms with Gasteiger partial charge in [-0.1, -0.05) is 11.6 Å². The van der Waals surface area contributed by atoms with Crippen molar-refractivity contribution in [3.05, 3.63) is 41.7 Å². The number of pyridine rings is 1. The molecule has 1 saturated heterocycles. The van der Waals surface area contributed by atoms with E-state index < -0.39 is 11.3 Å². The molecule has 0 amide bonds. The third kappa shape index (κ3) is 4.80. The standard InChI is InChI=1S/C22H28ClN5O4S/c1-25(2)28(33(29)30)15-5-8-26(9-6-15)16-7-10-27-14-19(24-22(27)11-16)17-12-18(23)21(32-4)13-20(17)31-3/h7,10-15H,5-6,8-9H2,1-4H3,(H,29,30). The van der Waals surface area contributed by atoms with Crippen LogP contribution in [0.4, 0.5) is 5.69 Å². The van der Waals surface area contributed by atoms with Crippen LogP contribution in [-0.2, 0) is 11.3 Å². The van der Waals surface area contributed by atoms with Gasteiger partial charge in [-0.25, -0.2) is 14.2 Å². The van der Waals surface area contributed by atoms with Gasteiger partial charge in [-0.15, -0.1) is 4.41 Å². The molecule has 0 saturated carbocycles. The van der Waals surface area contributed by atoms with Gasteiger partial charge in [0.15, 0.2) is 0 Å². The zero-order valence-corrected chi connectivity index (χ0v) is 20.6. The number of anilines is 1. The largest absolute Gasteiger partial charge is 0.496 e. The first-order valence-electron chi connectivity index (χ1n) is 10.6. The Morgan fingerprint density at radius 3 is 2.45 bits per heavy atom. The molecule has 0 aliphatic carbocycles. The van der Waals surface area contributed by atoms with Crippen molar-refractivity contribution in [3.63, 3.8) is 0 Å². The second-order valence-electron chi connectivity index (χ2n) is 8.06. The molecule has 11 heteroatoms. The lowest BCUT2D eigenvalue weighted by Gasteiger charge is -2.39. The highest BCUT2D eigenvalue weighted by molar-refractivity contribution is 7.76. The number of piperidine rings is 1. The summed E-state index contributed by atoms with van der Waals surface area (Å²) in [6, 6.07) is 7.69. The quantitative estimate of drug-likeness (QED) is 0.398. The summed E-state index contributed by atoms with van der Waals surface area (Å²) in [4.78, 5) is 7.08. The van der Waals surface area contributed by atoms with E-state index in [1.807, 2.05) is 16.8 Å². The van der Waals surface area contributed by atoms with E-state index >= 15 is 0 Å². The van der Waals surface area contributed by atoms with Crippen LogP contribution in [0.1, 0.15) is 12.8 Å². The average Bonchev–Trinajstić information content (AvgIpc) is 3.22. The fraction of sp³-hybridized carbons (Fsp3) is 0.409. The van der Waals surface area contributed by atoms with Crippen LogP contribution in [0.3, 0.4) is 0 Å². The number of fused-ring (bicyclic) bond motifs is 1. The second-order valence-corrected chi connectivity index (χ2v) is 9.31. The van der Waals surface area contributed by atoms with Gasteiger partial charge in [0.05, 0.1) is 24.9 Å². The Hall–Kier alpha value is -2.37. The zero-order valence-electron chi connectivity index (χ0n) is 19.1. The molecular weight excluding hydrogens is 466 g/mol. The molecule has 0 spiro atoms. The monoisotopic (exact) mass is 493 g/mol. The average molecular weight is 494 g/mol. The van der Waals surface area contributed by atoms with Crippen LogP contribution >= 0.6 is 11.6 Å². The Morgan fingerprint density at radius 1 is 1.15 bits per heavy atom. The minimum Gasteiger partial charge on any atom is -0.496 e. The molecule has 3 aromatic rings. The summed E-state index contributed by atoms with van der Waals surface area (Å²) < 4.78 is 35.6. The van der Waals surface area contributed by atoms with Crippen LogP contribution in [0.5, 0.6) is 11.5 Å². The van der Waals surface area contributed by atoms with Crippen molar-refractivity contribution in [3.8, 4) is 22.8 Å². The van der Waals surface area contributed by atoms with Crippen LogP contribution in [-0.4, -0.2) is 75.0 Å². The highest BCUT2D eigenvalue weighted by Crippen LogP contribution is 2.38. The molecule has 1 aromatic carbocycles. The summed E-state index contributed by atoms with van der Waals surface area (Å²) in [5, 5.41) is 2.18. The highest BCUT2D eigenvalue weighted by Gasteiger charge is 2.29. The van der Waals surface area contributed by atoms with Crippen molar-refractivity contribution in [2.24, 2.45) is 0 Å². The van der Waals surface area contributed by atoms with E-state index in [1.165, 1.54) is 4.41 Å². The molecule has 0 radical (unpaired) electrons. The van der Waals surface area contributed by atoms with Crippen LogP contribution in [0.15, 0.2) is 36.7 Å². The first-order chi connectivity index (χ1) is 15.8. The topological polar surface area (TPSA) is 82.8 Å². The summed E-state index contributed by atoms with van der Waals surface area (Å²) in [5.74, 6) is 1.18. The van der Waals surface area contributed by atoms with E-state index in [9.17, 15) is 8.76 Å². The Kier molecular flexibility index (Phi) is 7.10. The van der Waals surface area contributed by atoms with E-state index in [0.29, 0.717) is 16.5 Å². The van der Waals surface area contributed by atoms with E-state index in [2.05, 4.69) is 17.0 Å². The second kappa shape index (κ2) is 9.86. The number of halogens is 1. The molecule has 1 aliphatic rings. The summed E-state index contributed by atoms with van der Waals surface area (Å²) in [7, 11) is 6.74. The van der Waals surface area contributed by atoms with E-state index in [0.717, 1.165) is 48.5 Å². The number of aromatic nitrogens is 2. The number of ether oxygens (including phenoxy) is 2. The molecule has 2 aromatic heterocycles. The maximum atomic E-state index is 11.7. The first-order valence-corrected chi connectivity index (χ1v) is 12.0. The molecule has 178 valence electrons. The van der Waals surface area contributed by atoms with Crippen LogP contribution in [0.2, 0.25) is 5.02 Å².